The van der Waals surface area contributed by atoms with Crippen molar-refractivity contribution in [2.75, 3.05) is 6.61 Å². The van der Waals surface area contributed by atoms with Crippen LogP contribution in [0.2, 0.25) is 0 Å². The van der Waals surface area contributed by atoms with Crippen molar-refractivity contribution in [2.45, 2.75) is 25.9 Å². The third-order valence-electron chi connectivity index (χ3n) is 2.13. The molecule has 1 aromatic heterocycles. The molecule has 0 aromatic carbocycles. The monoisotopic (exact) mass is 163 g/mol. The molecule has 1 aliphatic heterocycles. The molecule has 2 heterocycles. The van der Waals surface area contributed by atoms with E-state index in [-0.39, 0.29) is 6.10 Å². The fourth-order valence-electron chi connectivity index (χ4n) is 1.48. The lowest BCUT2D eigenvalue weighted by atomic mass is 10.1. The zero-order valence-corrected chi connectivity index (χ0v) is 7.08. The molecule has 1 aromatic rings. The third-order valence-corrected chi connectivity index (χ3v) is 2.13. The van der Waals surface area contributed by atoms with Gasteiger partial charge in [0.05, 0.1) is 11.8 Å². The minimum absolute atomic E-state index is 0.184. The number of nitrogens with zero attached hydrogens (tertiary/aromatic N) is 2. The van der Waals surface area contributed by atoms with Crippen LogP contribution >= 0.6 is 0 Å². The zero-order valence-electron chi connectivity index (χ0n) is 7.08. The lowest BCUT2D eigenvalue weighted by Gasteiger charge is -2.09. The van der Waals surface area contributed by atoms with Crippen molar-refractivity contribution in [3.05, 3.63) is 23.8 Å². The van der Waals surface area contributed by atoms with Crippen LogP contribution < -0.4 is 0 Å². The highest BCUT2D eigenvalue weighted by Crippen LogP contribution is 2.28. The summed E-state index contributed by atoms with van der Waals surface area (Å²) in [6, 6.07) is 0. The molecule has 0 bridgehead atoms. The number of ether oxygens (including phenoxy) is 1. The second kappa shape index (κ2) is 3.19. The van der Waals surface area contributed by atoms with Gasteiger partial charge >= 0.3 is 0 Å². The second-order valence-corrected chi connectivity index (χ2v) is 3.04. The molecule has 1 radical (unpaired) electrons. The van der Waals surface area contributed by atoms with Crippen LogP contribution in [0.15, 0.2) is 6.20 Å². The van der Waals surface area contributed by atoms with Gasteiger partial charge in [0.15, 0.2) is 6.33 Å². The standard InChI is InChI=1S/C9H11N2O/c1-7-5-10-6-11-9(7)8-3-2-4-12-8/h5,8H,2-4H2,1H3. The van der Waals surface area contributed by atoms with E-state index in [4.69, 9.17) is 4.74 Å². The quantitative estimate of drug-likeness (QED) is 0.628. The summed E-state index contributed by atoms with van der Waals surface area (Å²) >= 11 is 0. The van der Waals surface area contributed by atoms with Gasteiger partial charge in [-0.05, 0) is 25.3 Å². The summed E-state index contributed by atoms with van der Waals surface area (Å²) in [6.45, 7) is 2.86. The molecular weight excluding hydrogens is 152 g/mol. The Labute approximate surface area is 71.8 Å². The normalized spacial score (nSPS) is 22.9. The van der Waals surface area contributed by atoms with Crippen LogP contribution in [-0.4, -0.2) is 16.6 Å². The summed E-state index contributed by atoms with van der Waals surface area (Å²) in [6.07, 6.45) is 6.77. The fourth-order valence-corrected chi connectivity index (χ4v) is 1.48. The maximum absolute atomic E-state index is 5.51. The summed E-state index contributed by atoms with van der Waals surface area (Å²) in [5.74, 6) is 0. The van der Waals surface area contributed by atoms with Crippen molar-refractivity contribution in [3.63, 3.8) is 0 Å². The summed E-state index contributed by atoms with van der Waals surface area (Å²) in [7, 11) is 0. The first-order valence-corrected chi connectivity index (χ1v) is 4.19. The molecule has 0 amide bonds. The molecule has 1 saturated heterocycles. The Kier molecular flexibility index (Phi) is 2.04. The van der Waals surface area contributed by atoms with Gasteiger partial charge in [-0.3, -0.25) is 0 Å². The Morgan fingerprint density at radius 3 is 3.25 bits per heavy atom. The van der Waals surface area contributed by atoms with Crippen LogP contribution in [0.1, 0.15) is 30.2 Å². The zero-order chi connectivity index (χ0) is 8.39. The largest absolute Gasteiger partial charge is 0.372 e. The molecule has 12 heavy (non-hydrogen) atoms. The number of hydrogen-bond donors (Lipinski definition) is 0. The van der Waals surface area contributed by atoms with E-state index in [1.807, 2.05) is 6.92 Å². The number of rotatable bonds is 1. The van der Waals surface area contributed by atoms with E-state index in [2.05, 4.69) is 16.3 Å². The van der Waals surface area contributed by atoms with Crippen molar-refractivity contribution >= 4 is 0 Å². The second-order valence-electron chi connectivity index (χ2n) is 3.04. The van der Waals surface area contributed by atoms with Gasteiger partial charge in [-0.1, -0.05) is 0 Å². The minimum Gasteiger partial charge on any atom is -0.372 e. The molecule has 1 aliphatic rings. The van der Waals surface area contributed by atoms with E-state index in [0.29, 0.717) is 0 Å². The lowest BCUT2D eigenvalue weighted by Crippen LogP contribution is -2.02. The number of aryl methyl sites for hydroxylation is 1. The van der Waals surface area contributed by atoms with Gasteiger partial charge in [0, 0.05) is 12.8 Å². The van der Waals surface area contributed by atoms with Gasteiger partial charge in [0.25, 0.3) is 0 Å². The highest BCUT2D eigenvalue weighted by Gasteiger charge is 2.20. The Morgan fingerprint density at radius 1 is 1.67 bits per heavy atom. The SMILES string of the molecule is Cc1cn[c]nc1C1CCCO1. The summed E-state index contributed by atoms with van der Waals surface area (Å²) in [5, 5.41) is 0. The molecule has 0 aliphatic carbocycles. The molecule has 3 heteroatoms. The van der Waals surface area contributed by atoms with Crippen molar-refractivity contribution in [1.82, 2.24) is 9.97 Å². The van der Waals surface area contributed by atoms with E-state index < -0.39 is 0 Å². The van der Waals surface area contributed by atoms with Gasteiger partial charge in [0.2, 0.25) is 0 Å². The predicted octanol–water partition coefficient (Wildman–Crippen LogP) is 1.44. The van der Waals surface area contributed by atoms with Gasteiger partial charge in [-0.2, -0.15) is 0 Å². The average molecular weight is 163 g/mol. The van der Waals surface area contributed by atoms with Gasteiger partial charge < -0.3 is 4.74 Å². The van der Waals surface area contributed by atoms with Gasteiger partial charge in [-0.25, -0.2) is 9.97 Å². The van der Waals surface area contributed by atoms with E-state index in [0.717, 1.165) is 30.7 Å². The van der Waals surface area contributed by atoms with Crippen molar-refractivity contribution in [2.24, 2.45) is 0 Å². The van der Waals surface area contributed by atoms with E-state index in [1.54, 1.807) is 6.20 Å². The topological polar surface area (TPSA) is 35.0 Å². The highest BCUT2D eigenvalue weighted by atomic mass is 16.5. The molecule has 0 spiro atoms. The highest BCUT2D eigenvalue weighted by molar-refractivity contribution is 5.16. The number of aromatic nitrogens is 2. The Bertz CT molecular complexity index is 269. The van der Waals surface area contributed by atoms with Gasteiger partial charge in [-0.15, -0.1) is 0 Å². The Morgan fingerprint density at radius 2 is 2.58 bits per heavy atom. The van der Waals surface area contributed by atoms with Crippen LogP contribution in [0.4, 0.5) is 0 Å². The Hall–Kier alpha value is -0.960. The van der Waals surface area contributed by atoms with E-state index in [9.17, 15) is 0 Å². The van der Waals surface area contributed by atoms with Crippen LogP contribution in [0.3, 0.4) is 0 Å². The van der Waals surface area contributed by atoms with E-state index in [1.165, 1.54) is 0 Å². The molecule has 1 unspecified atom stereocenters. The average Bonchev–Trinajstić information content (AvgIpc) is 2.57. The van der Waals surface area contributed by atoms with Gasteiger partial charge in [0.1, 0.15) is 0 Å². The minimum atomic E-state index is 0.184. The molecule has 3 nitrogen and oxygen atoms in total. The lowest BCUT2D eigenvalue weighted by molar-refractivity contribution is 0.108. The molecule has 1 fully saturated rings. The van der Waals surface area contributed by atoms with Crippen LogP contribution in [-0.2, 0) is 4.74 Å². The first-order valence-electron chi connectivity index (χ1n) is 4.19. The molecule has 2 rings (SSSR count). The van der Waals surface area contributed by atoms with Crippen molar-refractivity contribution < 1.29 is 4.74 Å². The number of hydrogen-bond acceptors (Lipinski definition) is 3. The third kappa shape index (κ3) is 1.32. The van der Waals surface area contributed by atoms with Crippen LogP contribution in [0.5, 0.6) is 0 Å². The molecular formula is C9H11N2O. The van der Waals surface area contributed by atoms with Crippen molar-refractivity contribution in [1.29, 1.82) is 0 Å². The maximum Gasteiger partial charge on any atom is 0.198 e. The molecule has 63 valence electrons. The first-order chi connectivity index (χ1) is 5.88. The summed E-state index contributed by atoms with van der Waals surface area (Å²) in [4.78, 5) is 7.92. The molecule has 0 N–H and O–H groups in total. The predicted molar refractivity (Wildman–Crippen MR) is 43.5 cm³/mol. The van der Waals surface area contributed by atoms with Crippen LogP contribution in [0, 0.1) is 13.3 Å². The fraction of sp³-hybridized carbons (Fsp3) is 0.556. The maximum atomic E-state index is 5.51. The van der Waals surface area contributed by atoms with E-state index >= 15 is 0 Å². The summed E-state index contributed by atoms with van der Waals surface area (Å²) < 4.78 is 5.51. The smallest absolute Gasteiger partial charge is 0.198 e. The Balaban J connectivity index is 2.26. The summed E-state index contributed by atoms with van der Waals surface area (Å²) in [5.41, 5.74) is 2.10. The first kappa shape index (κ1) is 7.68. The molecule has 1 atom stereocenters. The van der Waals surface area contributed by atoms with Crippen LogP contribution in [0.25, 0.3) is 0 Å². The molecule has 0 saturated carbocycles. The van der Waals surface area contributed by atoms with Crippen molar-refractivity contribution in [3.8, 4) is 0 Å².